The van der Waals surface area contributed by atoms with Gasteiger partial charge in [-0.05, 0) is 30.4 Å². The summed E-state index contributed by atoms with van der Waals surface area (Å²) in [6.45, 7) is 4.48. The van der Waals surface area contributed by atoms with E-state index < -0.39 is 0 Å². The maximum atomic E-state index is 12.4. The number of nitrogens with zero attached hydrogens (tertiary/aromatic N) is 1. The van der Waals surface area contributed by atoms with Gasteiger partial charge in [-0.15, -0.1) is 0 Å². The van der Waals surface area contributed by atoms with Gasteiger partial charge in [0.15, 0.2) is 6.61 Å². The molecule has 1 aromatic rings. The van der Waals surface area contributed by atoms with Gasteiger partial charge in [0, 0.05) is 6.04 Å². The minimum Gasteiger partial charge on any atom is -0.482 e. The number of nitrogens with one attached hydrogen (secondary N) is 1. The number of ether oxygens (including phenoxy) is 1. The van der Waals surface area contributed by atoms with Crippen LogP contribution in [0.5, 0.6) is 5.75 Å². The van der Waals surface area contributed by atoms with E-state index in [0.717, 1.165) is 12.8 Å². The minimum absolute atomic E-state index is 0.0127. The van der Waals surface area contributed by atoms with Gasteiger partial charge >= 0.3 is 0 Å². The average molecular weight is 316 g/mol. The van der Waals surface area contributed by atoms with E-state index in [1.54, 1.807) is 0 Å². The smallest absolute Gasteiger partial charge is 0.265 e. The third-order valence-electron chi connectivity index (χ3n) is 5.16. The van der Waals surface area contributed by atoms with E-state index in [0.29, 0.717) is 23.3 Å². The summed E-state index contributed by atoms with van der Waals surface area (Å²) in [5, 5.41) is 3.12. The maximum absolute atomic E-state index is 12.4. The number of anilines is 1. The molecule has 1 heterocycles. The zero-order valence-electron chi connectivity index (χ0n) is 13.7. The van der Waals surface area contributed by atoms with Crippen LogP contribution in [0.15, 0.2) is 24.3 Å². The number of benzene rings is 1. The van der Waals surface area contributed by atoms with Gasteiger partial charge in [0.05, 0.1) is 5.69 Å². The van der Waals surface area contributed by atoms with Crippen molar-refractivity contribution < 1.29 is 14.3 Å². The summed E-state index contributed by atoms with van der Waals surface area (Å²) in [5.74, 6) is 1.48. The average Bonchev–Trinajstić information content (AvgIpc) is 2.54. The van der Waals surface area contributed by atoms with Crippen molar-refractivity contribution in [2.45, 2.75) is 39.2 Å². The Morgan fingerprint density at radius 3 is 2.91 bits per heavy atom. The second-order valence-electron chi connectivity index (χ2n) is 6.68. The van der Waals surface area contributed by atoms with Gasteiger partial charge in [-0.2, -0.15) is 0 Å². The summed E-state index contributed by atoms with van der Waals surface area (Å²) in [6, 6.07) is 7.54. The van der Waals surface area contributed by atoms with Gasteiger partial charge in [0.25, 0.3) is 5.91 Å². The van der Waals surface area contributed by atoms with Crippen LogP contribution in [-0.2, 0) is 9.59 Å². The van der Waals surface area contributed by atoms with Crippen molar-refractivity contribution in [3.8, 4) is 5.75 Å². The molecule has 3 atom stereocenters. The zero-order valence-corrected chi connectivity index (χ0v) is 13.7. The number of carbonyl (C=O) groups excluding carboxylic acids is 2. The van der Waals surface area contributed by atoms with Crippen LogP contribution in [0.25, 0.3) is 0 Å². The van der Waals surface area contributed by atoms with E-state index in [1.807, 2.05) is 24.3 Å². The molecule has 1 aliphatic carbocycles. The molecule has 23 heavy (non-hydrogen) atoms. The fourth-order valence-corrected chi connectivity index (χ4v) is 3.51. The Balaban J connectivity index is 1.67. The largest absolute Gasteiger partial charge is 0.482 e. The Kier molecular flexibility index (Phi) is 4.55. The van der Waals surface area contributed by atoms with E-state index in [2.05, 4.69) is 19.2 Å². The summed E-state index contributed by atoms with van der Waals surface area (Å²) >= 11 is 0. The molecule has 1 aromatic carbocycles. The van der Waals surface area contributed by atoms with E-state index >= 15 is 0 Å². The van der Waals surface area contributed by atoms with Crippen molar-refractivity contribution in [2.75, 3.05) is 18.1 Å². The van der Waals surface area contributed by atoms with E-state index in [9.17, 15) is 9.59 Å². The molecule has 1 saturated carbocycles. The Labute approximate surface area is 137 Å². The molecular weight excluding hydrogens is 292 g/mol. The lowest BCUT2D eigenvalue weighted by Gasteiger charge is -2.35. The van der Waals surface area contributed by atoms with Crippen molar-refractivity contribution in [1.82, 2.24) is 5.32 Å². The lowest BCUT2D eigenvalue weighted by Crippen LogP contribution is -2.50. The predicted octanol–water partition coefficient (Wildman–Crippen LogP) is 2.35. The van der Waals surface area contributed by atoms with E-state index in [4.69, 9.17) is 4.74 Å². The monoisotopic (exact) mass is 316 g/mol. The first-order chi connectivity index (χ1) is 11.1. The van der Waals surface area contributed by atoms with Crippen LogP contribution in [0.4, 0.5) is 5.69 Å². The van der Waals surface area contributed by atoms with Gasteiger partial charge < -0.3 is 10.1 Å². The van der Waals surface area contributed by atoms with Gasteiger partial charge in [0.2, 0.25) is 5.91 Å². The Morgan fingerprint density at radius 1 is 1.30 bits per heavy atom. The van der Waals surface area contributed by atoms with Crippen LogP contribution in [0, 0.1) is 11.8 Å². The molecule has 0 aromatic heterocycles. The molecular formula is C18H24N2O3. The number of amides is 2. The number of fused-ring (bicyclic) bond motifs is 1. The molecule has 3 rings (SSSR count). The first kappa shape index (κ1) is 15.8. The number of para-hydroxylation sites is 2. The van der Waals surface area contributed by atoms with Crippen LogP contribution >= 0.6 is 0 Å². The van der Waals surface area contributed by atoms with Crippen molar-refractivity contribution in [3.63, 3.8) is 0 Å². The highest BCUT2D eigenvalue weighted by Crippen LogP contribution is 2.32. The molecule has 1 aliphatic heterocycles. The third-order valence-corrected chi connectivity index (χ3v) is 5.16. The zero-order chi connectivity index (χ0) is 16.4. The molecule has 5 heteroatoms. The highest BCUT2D eigenvalue weighted by atomic mass is 16.5. The second-order valence-corrected chi connectivity index (χ2v) is 6.68. The minimum atomic E-state index is -0.177. The first-order valence-electron chi connectivity index (χ1n) is 8.38. The van der Waals surface area contributed by atoms with Gasteiger partial charge in [-0.1, -0.05) is 38.8 Å². The Hall–Kier alpha value is -2.04. The quantitative estimate of drug-likeness (QED) is 0.931. The highest BCUT2D eigenvalue weighted by Gasteiger charge is 2.31. The molecule has 1 fully saturated rings. The SMILES string of the molecule is C[C@H]1[C@H](C)CCC[C@@H]1NC(=O)CN1C(=O)COc2ccccc21. The molecule has 0 bridgehead atoms. The number of carbonyl (C=O) groups is 2. The fourth-order valence-electron chi connectivity index (χ4n) is 3.51. The molecule has 0 saturated heterocycles. The summed E-state index contributed by atoms with van der Waals surface area (Å²) in [5.41, 5.74) is 0.670. The molecule has 0 unspecified atom stereocenters. The van der Waals surface area contributed by atoms with Gasteiger partial charge in [0.1, 0.15) is 12.3 Å². The lowest BCUT2D eigenvalue weighted by molar-refractivity contribution is -0.126. The van der Waals surface area contributed by atoms with Crippen molar-refractivity contribution >= 4 is 17.5 Å². The number of hydrogen-bond acceptors (Lipinski definition) is 3. The van der Waals surface area contributed by atoms with E-state index in [-0.39, 0.29) is 31.0 Å². The molecule has 124 valence electrons. The Morgan fingerprint density at radius 2 is 2.09 bits per heavy atom. The van der Waals surface area contributed by atoms with Crippen LogP contribution in [-0.4, -0.2) is 31.0 Å². The molecule has 0 radical (unpaired) electrons. The predicted molar refractivity (Wildman–Crippen MR) is 88.4 cm³/mol. The molecule has 0 spiro atoms. The third kappa shape index (κ3) is 3.33. The standard InChI is InChI=1S/C18H24N2O3/c1-12-6-5-7-14(13(12)2)19-17(21)10-20-15-8-3-4-9-16(15)23-11-18(20)22/h3-4,8-9,12-14H,5-7,10-11H2,1-2H3,(H,19,21)/t12-,13+,14+/m1/s1. The number of rotatable bonds is 3. The molecule has 2 aliphatic rings. The van der Waals surface area contributed by atoms with Crippen molar-refractivity contribution in [3.05, 3.63) is 24.3 Å². The second kappa shape index (κ2) is 6.60. The fraction of sp³-hybridized carbons (Fsp3) is 0.556. The van der Waals surface area contributed by atoms with Crippen LogP contribution in [0.2, 0.25) is 0 Å². The topological polar surface area (TPSA) is 58.6 Å². The van der Waals surface area contributed by atoms with Gasteiger partial charge in [-0.25, -0.2) is 0 Å². The van der Waals surface area contributed by atoms with Crippen molar-refractivity contribution in [1.29, 1.82) is 0 Å². The molecule has 5 nitrogen and oxygen atoms in total. The summed E-state index contributed by atoms with van der Waals surface area (Å²) in [4.78, 5) is 26.1. The summed E-state index contributed by atoms with van der Waals surface area (Å²) in [6.07, 6.45) is 3.39. The number of hydrogen-bond donors (Lipinski definition) is 1. The highest BCUT2D eigenvalue weighted by molar-refractivity contribution is 6.02. The van der Waals surface area contributed by atoms with Crippen molar-refractivity contribution in [2.24, 2.45) is 11.8 Å². The lowest BCUT2D eigenvalue weighted by atomic mass is 9.78. The van der Waals surface area contributed by atoms with Gasteiger partial charge in [-0.3, -0.25) is 14.5 Å². The summed E-state index contributed by atoms with van der Waals surface area (Å²) in [7, 11) is 0. The van der Waals surface area contributed by atoms with Crippen LogP contribution in [0.3, 0.4) is 0 Å². The molecule has 1 N–H and O–H groups in total. The molecule has 2 amide bonds. The maximum Gasteiger partial charge on any atom is 0.265 e. The van der Waals surface area contributed by atoms with Crippen LogP contribution in [0.1, 0.15) is 33.1 Å². The first-order valence-corrected chi connectivity index (χ1v) is 8.38. The summed E-state index contributed by atoms with van der Waals surface area (Å²) < 4.78 is 5.41. The van der Waals surface area contributed by atoms with E-state index in [1.165, 1.54) is 11.3 Å². The van der Waals surface area contributed by atoms with Crippen LogP contribution < -0.4 is 15.0 Å². The Bertz CT molecular complexity index is 602. The normalized spacial score (nSPS) is 27.1.